The molecule has 0 spiro atoms. The predicted molar refractivity (Wildman–Crippen MR) is 130 cm³/mol. The summed E-state index contributed by atoms with van der Waals surface area (Å²) in [6, 6.07) is 21.8. The molecule has 1 fully saturated rings. The molecule has 5 rings (SSSR count). The van der Waals surface area contributed by atoms with Crippen molar-refractivity contribution in [1.29, 1.82) is 0 Å². The van der Waals surface area contributed by atoms with Crippen molar-refractivity contribution in [3.63, 3.8) is 0 Å². The number of benzene rings is 3. The summed E-state index contributed by atoms with van der Waals surface area (Å²) in [7, 11) is 0. The average Bonchev–Trinajstić information content (AvgIpc) is 2.89. The summed E-state index contributed by atoms with van der Waals surface area (Å²) in [6.45, 7) is 2.87. The third-order valence-electron chi connectivity index (χ3n) is 6.83. The Morgan fingerprint density at radius 2 is 1.50 bits per heavy atom. The van der Waals surface area contributed by atoms with Crippen LogP contribution >= 0.6 is 0 Å². The van der Waals surface area contributed by atoms with Crippen molar-refractivity contribution in [3.05, 3.63) is 101 Å². The maximum Gasteiger partial charge on any atom is 0.256 e. The largest absolute Gasteiger partial charge is 0.371 e. The zero-order valence-electron chi connectivity index (χ0n) is 19.0. The van der Waals surface area contributed by atoms with E-state index in [2.05, 4.69) is 28.4 Å². The van der Waals surface area contributed by atoms with Crippen LogP contribution in [0.2, 0.25) is 0 Å². The maximum atomic E-state index is 13.5. The molecule has 0 bridgehead atoms. The van der Waals surface area contributed by atoms with Gasteiger partial charge in [0.1, 0.15) is 5.82 Å². The Bertz CT molecular complexity index is 1190. The number of hydrogen-bond acceptors (Lipinski definition) is 3. The van der Waals surface area contributed by atoms with Gasteiger partial charge in [-0.25, -0.2) is 4.39 Å². The van der Waals surface area contributed by atoms with E-state index in [0.717, 1.165) is 50.1 Å². The van der Waals surface area contributed by atoms with Crippen LogP contribution in [0.25, 0.3) is 0 Å². The molecule has 3 aromatic carbocycles. The molecule has 174 valence electrons. The standard InChI is InChI=1S/C28H28FN3O2/c29-23-11-9-21(10-12-23)27(33)30-24-14-17-31(18-15-24)26-8-4-3-7-25(26)28(34)32-16-13-20-5-1-2-6-22(20)19-32/h1-12,24H,13-19H2,(H,30,33). The van der Waals surface area contributed by atoms with Crippen molar-refractivity contribution in [2.45, 2.75) is 31.8 Å². The van der Waals surface area contributed by atoms with E-state index >= 15 is 0 Å². The quantitative estimate of drug-likeness (QED) is 0.631. The number of para-hydroxylation sites is 1. The zero-order chi connectivity index (χ0) is 23.5. The number of carbonyl (C=O) groups excluding carboxylic acids is 2. The number of nitrogens with one attached hydrogen (secondary N) is 1. The fourth-order valence-electron chi connectivity index (χ4n) is 4.90. The predicted octanol–water partition coefficient (Wildman–Crippen LogP) is 4.42. The van der Waals surface area contributed by atoms with Gasteiger partial charge in [0.25, 0.3) is 11.8 Å². The number of piperidine rings is 1. The van der Waals surface area contributed by atoms with E-state index in [-0.39, 0.29) is 23.7 Å². The van der Waals surface area contributed by atoms with Crippen LogP contribution in [-0.2, 0) is 13.0 Å². The van der Waals surface area contributed by atoms with Gasteiger partial charge in [0.05, 0.1) is 5.56 Å². The second-order valence-corrected chi connectivity index (χ2v) is 9.00. The molecular formula is C28H28FN3O2. The Morgan fingerprint density at radius 3 is 2.26 bits per heavy atom. The van der Waals surface area contributed by atoms with Crippen LogP contribution in [0.1, 0.15) is 44.7 Å². The molecule has 2 amide bonds. The molecule has 0 atom stereocenters. The van der Waals surface area contributed by atoms with Crippen molar-refractivity contribution in [2.75, 3.05) is 24.5 Å². The van der Waals surface area contributed by atoms with Gasteiger partial charge < -0.3 is 15.1 Å². The summed E-state index contributed by atoms with van der Waals surface area (Å²) >= 11 is 0. The van der Waals surface area contributed by atoms with Crippen molar-refractivity contribution in [2.24, 2.45) is 0 Å². The van der Waals surface area contributed by atoms with E-state index in [9.17, 15) is 14.0 Å². The Labute approximate surface area is 199 Å². The lowest BCUT2D eigenvalue weighted by molar-refractivity contribution is 0.0735. The zero-order valence-corrected chi connectivity index (χ0v) is 19.0. The van der Waals surface area contributed by atoms with Crippen LogP contribution in [0.15, 0.2) is 72.8 Å². The molecule has 5 nitrogen and oxygen atoms in total. The first-order valence-corrected chi connectivity index (χ1v) is 11.8. The fraction of sp³-hybridized carbons (Fsp3) is 0.286. The highest BCUT2D eigenvalue weighted by molar-refractivity contribution is 6.00. The molecule has 2 heterocycles. The Morgan fingerprint density at radius 1 is 0.824 bits per heavy atom. The van der Waals surface area contributed by atoms with Crippen LogP contribution in [-0.4, -0.2) is 42.4 Å². The number of anilines is 1. The lowest BCUT2D eigenvalue weighted by atomic mass is 9.98. The molecule has 1 N–H and O–H groups in total. The van der Waals surface area contributed by atoms with Gasteiger partial charge in [-0.3, -0.25) is 9.59 Å². The van der Waals surface area contributed by atoms with Crippen LogP contribution in [0.3, 0.4) is 0 Å². The molecule has 1 saturated heterocycles. The van der Waals surface area contributed by atoms with E-state index < -0.39 is 0 Å². The lowest BCUT2D eigenvalue weighted by Gasteiger charge is -2.36. The highest BCUT2D eigenvalue weighted by Crippen LogP contribution is 2.28. The van der Waals surface area contributed by atoms with Crippen LogP contribution in [0.4, 0.5) is 10.1 Å². The summed E-state index contributed by atoms with van der Waals surface area (Å²) in [5.41, 5.74) is 4.69. The number of rotatable bonds is 4. The minimum Gasteiger partial charge on any atom is -0.371 e. The van der Waals surface area contributed by atoms with Crippen molar-refractivity contribution in [1.82, 2.24) is 10.2 Å². The average molecular weight is 458 g/mol. The maximum absolute atomic E-state index is 13.5. The molecular weight excluding hydrogens is 429 g/mol. The van der Waals surface area contributed by atoms with Gasteiger partial charge >= 0.3 is 0 Å². The summed E-state index contributed by atoms with van der Waals surface area (Å²) in [5, 5.41) is 3.06. The van der Waals surface area contributed by atoms with Crippen LogP contribution in [0, 0.1) is 5.82 Å². The summed E-state index contributed by atoms with van der Waals surface area (Å²) in [5.74, 6) is -0.469. The summed E-state index contributed by atoms with van der Waals surface area (Å²) in [4.78, 5) is 30.1. The van der Waals surface area contributed by atoms with Crippen molar-refractivity contribution in [3.8, 4) is 0 Å². The Hall–Kier alpha value is -3.67. The molecule has 0 saturated carbocycles. The second kappa shape index (κ2) is 9.67. The summed E-state index contributed by atoms with van der Waals surface area (Å²) in [6.07, 6.45) is 2.45. The van der Waals surface area contributed by atoms with Gasteiger partial charge in [-0.2, -0.15) is 0 Å². The van der Waals surface area contributed by atoms with Crippen LogP contribution < -0.4 is 10.2 Å². The van der Waals surface area contributed by atoms with Gasteiger partial charge in [0, 0.05) is 43.5 Å². The molecule has 0 aromatic heterocycles. The molecule has 0 radical (unpaired) electrons. The topological polar surface area (TPSA) is 52.7 Å². The number of nitrogens with zero attached hydrogens (tertiary/aromatic N) is 2. The number of fused-ring (bicyclic) bond motifs is 1. The highest BCUT2D eigenvalue weighted by Gasteiger charge is 2.27. The number of halogens is 1. The third-order valence-corrected chi connectivity index (χ3v) is 6.83. The molecule has 6 heteroatoms. The third kappa shape index (κ3) is 4.67. The van der Waals surface area contributed by atoms with E-state index in [1.165, 1.54) is 35.4 Å². The van der Waals surface area contributed by atoms with Gasteiger partial charge in [-0.15, -0.1) is 0 Å². The van der Waals surface area contributed by atoms with Gasteiger partial charge in [0.15, 0.2) is 0 Å². The van der Waals surface area contributed by atoms with E-state index in [0.29, 0.717) is 12.1 Å². The minimum absolute atomic E-state index is 0.0512. The van der Waals surface area contributed by atoms with Gasteiger partial charge in [-0.05, 0) is 66.8 Å². The number of amides is 2. The second-order valence-electron chi connectivity index (χ2n) is 9.00. The molecule has 0 unspecified atom stereocenters. The first-order chi connectivity index (χ1) is 16.6. The Balaban J connectivity index is 1.23. The molecule has 0 aliphatic carbocycles. The summed E-state index contributed by atoms with van der Waals surface area (Å²) < 4.78 is 13.1. The smallest absolute Gasteiger partial charge is 0.256 e. The SMILES string of the molecule is O=C(NC1CCN(c2ccccc2C(=O)N2CCc3ccccc3C2)CC1)c1ccc(F)cc1. The van der Waals surface area contributed by atoms with E-state index in [1.807, 2.05) is 35.2 Å². The molecule has 2 aliphatic rings. The first-order valence-electron chi connectivity index (χ1n) is 11.8. The number of hydrogen-bond donors (Lipinski definition) is 1. The number of carbonyl (C=O) groups is 2. The molecule has 2 aliphatic heterocycles. The van der Waals surface area contributed by atoms with Crippen molar-refractivity contribution >= 4 is 17.5 Å². The van der Waals surface area contributed by atoms with E-state index in [1.54, 1.807) is 0 Å². The molecule has 34 heavy (non-hydrogen) atoms. The fourth-order valence-corrected chi connectivity index (χ4v) is 4.90. The lowest BCUT2D eigenvalue weighted by Crippen LogP contribution is -2.45. The minimum atomic E-state index is -0.355. The monoisotopic (exact) mass is 457 g/mol. The normalized spacial score (nSPS) is 16.1. The van der Waals surface area contributed by atoms with E-state index in [4.69, 9.17) is 0 Å². The van der Waals surface area contributed by atoms with Gasteiger partial charge in [0.2, 0.25) is 0 Å². The highest BCUT2D eigenvalue weighted by atomic mass is 19.1. The van der Waals surface area contributed by atoms with Crippen LogP contribution in [0.5, 0.6) is 0 Å². The Kier molecular flexibility index (Phi) is 6.30. The first kappa shape index (κ1) is 22.1. The van der Waals surface area contributed by atoms with Gasteiger partial charge in [-0.1, -0.05) is 36.4 Å². The molecule has 3 aromatic rings. The van der Waals surface area contributed by atoms with Crippen molar-refractivity contribution < 1.29 is 14.0 Å².